The number of ether oxygens (including phenoxy) is 3. The molecule has 0 aliphatic carbocycles. The van der Waals surface area contributed by atoms with Gasteiger partial charge in [0, 0.05) is 31.4 Å². The molecule has 0 aromatic heterocycles. The second-order valence-corrected chi connectivity index (χ2v) is 12.8. The van der Waals surface area contributed by atoms with Crippen LogP contribution in [0.4, 0.5) is 13.6 Å². The average molecular weight is 540 g/mol. The predicted molar refractivity (Wildman–Crippen MR) is 140 cm³/mol. The zero-order valence-electron chi connectivity index (χ0n) is 23.9. The van der Waals surface area contributed by atoms with E-state index in [0.717, 1.165) is 6.07 Å². The van der Waals surface area contributed by atoms with Crippen molar-refractivity contribution in [1.29, 1.82) is 0 Å². The number of hydrogen-bond donors (Lipinski definition) is 2. The third-order valence-corrected chi connectivity index (χ3v) is 6.65. The summed E-state index contributed by atoms with van der Waals surface area (Å²) in [7, 11) is 0. The summed E-state index contributed by atoms with van der Waals surface area (Å²) >= 11 is 0. The molecule has 2 fully saturated rings. The maximum Gasteiger partial charge on any atom is 0.412 e. The molecule has 2 heterocycles. The van der Waals surface area contributed by atoms with Crippen LogP contribution in [0, 0.1) is 11.6 Å². The van der Waals surface area contributed by atoms with Crippen LogP contribution in [0.1, 0.15) is 73.8 Å². The van der Waals surface area contributed by atoms with Crippen molar-refractivity contribution in [2.75, 3.05) is 19.8 Å². The molecular formula is C28H43F2N3O5. The Hall–Kier alpha value is -2.30. The molecule has 214 valence electrons. The summed E-state index contributed by atoms with van der Waals surface area (Å²) < 4.78 is 45.7. The van der Waals surface area contributed by atoms with Crippen molar-refractivity contribution in [2.45, 2.75) is 109 Å². The smallest absolute Gasteiger partial charge is 0.412 e. The van der Waals surface area contributed by atoms with Gasteiger partial charge in [0.1, 0.15) is 28.5 Å². The summed E-state index contributed by atoms with van der Waals surface area (Å²) in [5.74, 6) is -1.52. The highest BCUT2D eigenvalue weighted by Crippen LogP contribution is 2.36. The normalized spacial score (nSPS) is 23.3. The van der Waals surface area contributed by atoms with Crippen molar-refractivity contribution in [3.8, 4) is 0 Å². The maximum absolute atomic E-state index is 14.0. The van der Waals surface area contributed by atoms with Crippen LogP contribution in [0.2, 0.25) is 0 Å². The van der Waals surface area contributed by atoms with E-state index in [2.05, 4.69) is 10.6 Å². The lowest BCUT2D eigenvalue weighted by atomic mass is 9.87. The summed E-state index contributed by atoms with van der Waals surface area (Å²) in [4.78, 5) is 28.3. The number of rotatable bonds is 6. The Labute approximate surface area is 224 Å². The molecule has 1 aromatic carbocycles. The van der Waals surface area contributed by atoms with Gasteiger partial charge in [-0.3, -0.25) is 9.69 Å². The van der Waals surface area contributed by atoms with Crippen molar-refractivity contribution in [2.24, 2.45) is 0 Å². The van der Waals surface area contributed by atoms with E-state index in [1.54, 1.807) is 34.6 Å². The van der Waals surface area contributed by atoms with Crippen molar-refractivity contribution >= 4 is 12.0 Å². The van der Waals surface area contributed by atoms with Gasteiger partial charge in [-0.1, -0.05) is 0 Å². The van der Waals surface area contributed by atoms with Gasteiger partial charge in [0.2, 0.25) is 5.91 Å². The molecule has 10 heteroatoms. The minimum absolute atomic E-state index is 0.127. The molecule has 3 rings (SSSR count). The summed E-state index contributed by atoms with van der Waals surface area (Å²) in [6.45, 7) is 15.7. The van der Waals surface area contributed by atoms with Crippen LogP contribution in [0.3, 0.4) is 0 Å². The van der Waals surface area contributed by atoms with Crippen LogP contribution in [0.25, 0.3) is 0 Å². The van der Waals surface area contributed by atoms with Crippen LogP contribution in [-0.2, 0) is 25.4 Å². The Balaban J connectivity index is 1.92. The number of nitrogens with one attached hydrogen (secondary N) is 2. The Morgan fingerprint density at radius 1 is 1.05 bits per heavy atom. The maximum atomic E-state index is 14.0. The third-order valence-electron chi connectivity index (χ3n) is 6.65. The van der Waals surface area contributed by atoms with Gasteiger partial charge in [-0.2, -0.15) is 0 Å². The van der Waals surface area contributed by atoms with Crippen LogP contribution in [0.5, 0.6) is 0 Å². The molecule has 0 spiro atoms. The molecule has 0 radical (unpaired) electrons. The highest BCUT2D eigenvalue weighted by atomic mass is 19.1. The molecule has 1 aromatic rings. The van der Waals surface area contributed by atoms with E-state index in [4.69, 9.17) is 14.2 Å². The monoisotopic (exact) mass is 539 g/mol. The number of amides is 2. The van der Waals surface area contributed by atoms with E-state index >= 15 is 0 Å². The quantitative estimate of drug-likeness (QED) is 0.561. The fourth-order valence-electron chi connectivity index (χ4n) is 5.07. The second kappa shape index (κ2) is 11.1. The molecule has 2 aliphatic rings. The minimum Gasteiger partial charge on any atom is -0.444 e. The lowest BCUT2D eigenvalue weighted by Gasteiger charge is -2.39. The topological polar surface area (TPSA) is 89.1 Å². The summed E-state index contributed by atoms with van der Waals surface area (Å²) in [6, 6.07) is 2.70. The number of carbonyl (C=O) groups is 2. The number of carbonyl (C=O) groups excluding carboxylic acids is 2. The fraction of sp³-hybridized carbons (Fsp3) is 0.714. The predicted octanol–water partition coefficient (Wildman–Crippen LogP) is 4.30. The van der Waals surface area contributed by atoms with Crippen LogP contribution in [0.15, 0.2) is 18.2 Å². The van der Waals surface area contributed by atoms with Gasteiger partial charge in [0.25, 0.3) is 0 Å². The lowest BCUT2D eigenvalue weighted by molar-refractivity contribution is -0.133. The van der Waals surface area contributed by atoms with Gasteiger partial charge in [0.15, 0.2) is 0 Å². The minimum atomic E-state index is -1.07. The van der Waals surface area contributed by atoms with Gasteiger partial charge >= 0.3 is 6.09 Å². The molecule has 0 unspecified atom stereocenters. The number of halogens is 2. The molecule has 2 amide bonds. The average Bonchev–Trinajstić information content (AvgIpc) is 2.99. The van der Waals surface area contributed by atoms with Gasteiger partial charge in [-0.25, -0.2) is 13.6 Å². The highest BCUT2D eigenvalue weighted by molar-refractivity contribution is 5.87. The molecule has 2 N–H and O–H groups in total. The van der Waals surface area contributed by atoms with Crippen molar-refractivity contribution in [1.82, 2.24) is 15.5 Å². The fourth-order valence-corrected chi connectivity index (χ4v) is 5.07. The first-order valence-electron chi connectivity index (χ1n) is 13.2. The number of hydrogen-bond acceptors (Lipinski definition) is 6. The standard InChI is InChI=1S/C28H43F2N3O5/c1-25(2,3)32-23(34)28(9-11-36-12-10-28)31-17-22-21(15-18-13-19(29)16-20(30)14-18)33(27(7,8)37-22)24(35)38-26(4,5)6/h13-14,16,21-22,31H,9-12,15,17H2,1-8H3,(H,32,34)/t21-,22+/m0/s1. The Kier molecular flexibility index (Phi) is 8.80. The molecule has 0 saturated carbocycles. The van der Waals surface area contributed by atoms with E-state index in [1.165, 1.54) is 17.0 Å². The van der Waals surface area contributed by atoms with Gasteiger partial charge in [-0.05, 0) is 92.3 Å². The van der Waals surface area contributed by atoms with E-state index in [1.807, 2.05) is 20.8 Å². The van der Waals surface area contributed by atoms with E-state index in [-0.39, 0.29) is 18.9 Å². The zero-order chi connectivity index (χ0) is 28.5. The number of benzene rings is 1. The largest absolute Gasteiger partial charge is 0.444 e. The van der Waals surface area contributed by atoms with Crippen LogP contribution < -0.4 is 10.6 Å². The lowest BCUT2D eigenvalue weighted by Crippen LogP contribution is -2.64. The zero-order valence-corrected chi connectivity index (χ0v) is 23.9. The molecule has 0 bridgehead atoms. The Morgan fingerprint density at radius 2 is 1.63 bits per heavy atom. The molecular weight excluding hydrogens is 496 g/mol. The Bertz CT molecular complexity index is 992. The van der Waals surface area contributed by atoms with Crippen LogP contribution in [-0.4, -0.2) is 71.2 Å². The van der Waals surface area contributed by atoms with Gasteiger partial charge in [0.05, 0.1) is 12.1 Å². The first kappa shape index (κ1) is 30.2. The molecule has 2 atom stereocenters. The first-order chi connectivity index (χ1) is 17.4. The molecule has 2 saturated heterocycles. The molecule has 8 nitrogen and oxygen atoms in total. The molecule has 2 aliphatic heterocycles. The highest BCUT2D eigenvalue weighted by Gasteiger charge is 2.52. The van der Waals surface area contributed by atoms with Gasteiger partial charge in [-0.15, -0.1) is 0 Å². The summed E-state index contributed by atoms with van der Waals surface area (Å²) in [5.41, 5.74) is -2.74. The SMILES string of the molecule is CC(C)(C)NC(=O)C1(NC[C@H]2OC(C)(C)N(C(=O)OC(C)(C)C)[C@H]2Cc2cc(F)cc(F)c2)CCOCC1. The van der Waals surface area contributed by atoms with Crippen molar-refractivity contribution in [3.63, 3.8) is 0 Å². The summed E-state index contributed by atoms with van der Waals surface area (Å²) in [5, 5.41) is 6.51. The first-order valence-corrected chi connectivity index (χ1v) is 13.2. The van der Waals surface area contributed by atoms with E-state index in [0.29, 0.717) is 31.6 Å². The molecule has 38 heavy (non-hydrogen) atoms. The number of nitrogens with zero attached hydrogens (tertiary/aromatic N) is 1. The third kappa shape index (κ3) is 7.64. The van der Waals surface area contributed by atoms with Crippen LogP contribution >= 0.6 is 0 Å². The van der Waals surface area contributed by atoms with E-state index in [9.17, 15) is 18.4 Å². The Morgan fingerprint density at radius 3 is 2.16 bits per heavy atom. The van der Waals surface area contributed by atoms with Crippen molar-refractivity contribution < 1.29 is 32.6 Å². The van der Waals surface area contributed by atoms with Gasteiger partial charge < -0.3 is 24.8 Å². The van der Waals surface area contributed by atoms with Crippen molar-refractivity contribution in [3.05, 3.63) is 35.4 Å². The summed E-state index contributed by atoms with van der Waals surface area (Å²) in [6.07, 6.45) is -0.0982. The van der Waals surface area contributed by atoms with E-state index < -0.39 is 52.3 Å². The second-order valence-electron chi connectivity index (χ2n) is 12.8.